The first-order valence-corrected chi connectivity index (χ1v) is 8.58. The number of carbonyl (C=O) groups is 1. The van der Waals surface area contributed by atoms with Crippen molar-refractivity contribution < 1.29 is 9.90 Å². The van der Waals surface area contributed by atoms with Gasteiger partial charge in [-0.1, -0.05) is 25.5 Å². The van der Waals surface area contributed by atoms with Crippen molar-refractivity contribution in [2.45, 2.75) is 43.7 Å². The van der Waals surface area contributed by atoms with E-state index >= 15 is 0 Å². The zero-order valence-corrected chi connectivity index (χ0v) is 13.5. The van der Waals surface area contributed by atoms with Gasteiger partial charge in [0.2, 0.25) is 0 Å². The highest BCUT2D eigenvalue weighted by Gasteiger charge is 2.38. The maximum Gasteiger partial charge on any atom is 0.315 e. The second-order valence-corrected chi connectivity index (χ2v) is 6.81. The lowest BCUT2D eigenvalue weighted by Crippen LogP contribution is -2.48. The Balaban J connectivity index is 1.81. The Labute approximate surface area is 130 Å². The van der Waals surface area contributed by atoms with Crippen LogP contribution in [0, 0.1) is 5.41 Å². The Hall–Kier alpha value is -1.20. The highest BCUT2D eigenvalue weighted by molar-refractivity contribution is 7.98. The van der Waals surface area contributed by atoms with Crippen molar-refractivity contribution in [3.05, 3.63) is 29.8 Å². The van der Waals surface area contributed by atoms with E-state index in [9.17, 15) is 9.90 Å². The fourth-order valence-corrected chi connectivity index (χ4v) is 3.21. The van der Waals surface area contributed by atoms with Gasteiger partial charge < -0.3 is 15.7 Å². The molecule has 1 aliphatic rings. The van der Waals surface area contributed by atoms with Gasteiger partial charge in [0, 0.05) is 22.9 Å². The maximum atomic E-state index is 12.0. The summed E-state index contributed by atoms with van der Waals surface area (Å²) in [6, 6.07) is 8.06. The van der Waals surface area contributed by atoms with Gasteiger partial charge >= 0.3 is 6.03 Å². The maximum absolute atomic E-state index is 12.0. The molecule has 0 radical (unpaired) electrons. The highest BCUT2D eigenvalue weighted by Crippen LogP contribution is 2.37. The Morgan fingerprint density at radius 1 is 1.43 bits per heavy atom. The van der Waals surface area contributed by atoms with Gasteiger partial charge in [-0.15, -0.1) is 11.8 Å². The number of rotatable bonds is 5. The number of nitrogens with one attached hydrogen (secondary N) is 2. The standard InChI is InChI=1S/C16H24N2O2S/c1-16(11-19)9-3-4-14(16)18-15(20)17-10-12-5-7-13(21-2)8-6-12/h5-8,14,19H,3-4,9-11H2,1-2H3,(H2,17,18,20). The molecule has 1 aromatic carbocycles. The fourth-order valence-electron chi connectivity index (χ4n) is 2.80. The molecular formula is C16H24N2O2S. The van der Waals surface area contributed by atoms with Gasteiger partial charge in [0.25, 0.3) is 0 Å². The summed E-state index contributed by atoms with van der Waals surface area (Å²) in [5.41, 5.74) is 0.899. The van der Waals surface area contributed by atoms with Crippen LogP contribution in [0.15, 0.2) is 29.2 Å². The Bertz CT molecular complexity index is 478. The third-order valence-electron chi connectivity index (χ3n) is 4.36. The van der Waals surface area contributed by atoms with E-state index in [-0.39, 0.29) is 24.1 Å². The van der Waals surface area contributed by atoms with Crippen molar-refractivity contribution >= 4 is 17.8 Å². The van der Waals surface area contributed by atoms with Crippen molar-refractivity contribution in [1.29, 1.82) is 0 Å². The summed E-state index contributed by atoms with van der Waals surface area (Å²) < 4.78 is 0. The number of urea groups is 1. The molecular weight excluding hydrogens is 284 g/mol. The van der Waals surface area contributed by atoms with Crippen LogP contribution in [0.25, 0.3) is 0 Å². The molecule has 0 bridgehead atoms. The first-order chi connectivity index (χ1) is 10.1. The Morgan fingerprint density at radius 3 is 2.76 bits per heavy atom. The van der Waals surface area contributed by atoms with E-state index in [1.54, 1.807) is 11.8 Å². The van der Waals surface area contributed by atoms with E-state index in [4.69, 9.17) is 0 Å². The third kappa shape index (κ3) is 4.14. The van der Waals surface area contributed by atoms with E-state index in [0.717, 1.165) is 24.8 Å². The number of amides is 2. The van der Waals surface area contributed by atoms with Crippen LogP contribution < -0.4 is 10.6 Å². The van der Waals surface area contributed by atoms with Crippen LogP contribution in [0.5, 0.6) is 0 Å². The number of benzene rings is 1. The number of hydrogen-bond donors (Lipinski definition) is 3. The first kappa shape index (κ1) is 16.2. The van der Waals surface area contributed by atoms with Gasteiger partial charge in [0.05, 0.1) is 6.61 Å². The summed E-state index contributed by atoms with van der Waals surface area (Å²) >= 11 is 1.70. The van der Waals surface area contributed by atoms with Gasteiger partial charge in [0.1, 0.15) is 0 Å². The van der Waals surface area contributed by atoms with Crippen LogP contribution in [0.2, 0.25) is 0 Å². The molecule has 3 N–H and O–H groups in total. The van der Waals surface area contributed by atoms with Crippen LogP contribution >= 0.6 is 11.8 Å². The number of thioether (sulfide) groups is 1. The number of hydrogen-bond acceptors (Lipinski definition) is 3. The summed E-state index contributed by atoms with van der Waals surface area (Å²) in [7, 11) is 0. The van der Waals surface area contributed by atoms with Gasteiger partial charge in [-0.25, -0.2) is 4.79 Å². The third-order valence-corrected chi connectivity index (χ3v) is 5.10. The SMILES string of the molecule is CSc1ccc(CNC(=O)NC2CCCC2(C)CO)cc1. The average molecular weight is 308 g/mol. The lowest BCUT2D eigenvalue weighted by Gasteiger charge is -2.30. The molecule has 2 atom stereocenters. The highest BCUT2D eigenvalue weighted by atomic mass is 32.2. The zero-order chi connectivity index (χ0) is 15.3. The van der Waals surface area contributed by atoms with Gasteiger partial charge in [-0.2, -0.15) is 0 Å². The van der Waals surface area contributed by atoms with Crippen molar-refractivity contribution in [3.8, 4) is 0 Å². The predicted molar refractivity (Wildman–Crippen MR) is 86.4 cm³/mol. The molecule has 4 nitrogen and oxygen atoms in total. The van der Waals surface area contributed by atoms with Gasteiger partial charge in [0.15, 0.2) is 0 Å². The molecule has 5 heteroatoms. The quantitative estimate of drug-likeness (QED) is 0.733. The summed E-state index contributed by atoms with van der Waals surface area (Å²) in [5, 5.41) is 15.4. The molecule has 0 heterocycles. The van der Waals surface area contributed by atoms with E-state index in [0.29, 0.717) is 6.54 Å². The number of aliphatic hydroxyl groups is 1. The average Bonchev–Trinajstić information content (AvgIpc) is 2.87. The van der Waals surface area contributed by atoms with Crippen molar-refractivity contribution in [1.82, 2.24) is 10.6 Å². The Morgan fingerprint density at radius 2 is 2.14 bits per heavy atom. The zero-order valence-electron chi connectivity index (χ0n) is 12.7. The molecule has 0 spiro atoms. The molecule has 2 amide bonds. The topological polar surface area (TPSA) is 61.4 Å². The first-order valence-electron chi connectivity index (χ1n) is 7.35. The van der Waals surface area contributed by atoms with Gasteiger partial charge in [-0.3, -0.25) is 0 Å². The lowest BCUT2D eigenvalue weighted by molar-refractivity contribution is 0.121. The smallest absolute Gasteiger partial charge is 0.315 e. The van der Waals surface area contributed by atoms with Crippen molar-refractivity contribution in [2.24, 2.45) is 5.41 Å². The summed E-state index contributed by atoms with van der Waals surface area (Å²) in [6.45, 7) is 2.67. The molecule has 2 rings (SSSR count). The minimum absolute atomic E-state index is 0.0568. The van der Waals surface area contributed by atoms with Crippen LogP contribution in [-0.4, -0.2) is 30.0 Å². The molecule has 2 unspecified atom stereocenters. The predicted octanol–water partition coefficient (Wildman–Crippen LogP) is 2.76. The molecule has 0 aliphatic heterocycles. The fraction of sp³-hybridized carbons (Fsp3) is 0.562. The lowest BCUT2D eigenvalue weighted by atomic mass is 9.86. The molecule has 0 saturated heterocycles. The normalized spacial score (nSPS) is 24.8. The number of aliphatic hydroxyl groups excluding tert-OH is 1. The number of carbonyl (C=O) groups excluding carboxylic acids is 1. The van der Waals surface area contributed by atoms with Gasteiger partial charge in [-0.05, 0) is 36.8 Å². The Kier molecular flexibility index (Phi) is 5.53. The van der Waals surface area contributed by atoms with Crippen LogP contribution in [0.4, 0.5) is 4.79 Å². The molecule has 1 aliphatic carbocycles. The van der Waals surface area contributed by atoms with E-state index < -0.39 is 0 Å². The van der Waals surface area contributed by atoms with Crippen LogP contribution in [0.3, 0.4) is 0 Å². The van der Waals surface area contributed by atoms with Crippen LogP contribution in [0.1, 0.15) is 31.7 Å². The molecule has 21 heavy (non-hydrogen) atoms. The van der Waals surface area contributed by atoms with E-state index in [1.807, 2.05) is 25.3 Å². The van der Waals surface area contributed by atoms with Crippen molar-refractivity contribution in [2.75, 3.05) is 12.9 Å². The van der Waals surface area contributed by atoms with Crippen LogP contribution in [-0.2, 0) is 6.54 Å². The van der Waals surface area contributed by atoms with E-state index in [1.165, 1.54) is 4.90 Å². The monoisotopic (exact) mass is 308 g/mol. The summed E-state index contributed by atoms with van der Waals surface area (Å²) in [6.07, 6.45) is 5.00. The molecule has 116 valence electrons. The second kappa shape index (κ2) is 7.18. The van der Waals surface area contributed by atoms with E-state index in [2.05, 4.69) is 22.8 Å². The minimum atomic E-state index is -0.183. The largest absolute Gasteiger partial charge is 0.396 e. The summed E-state index contributed by atoms with van der Waals surface area (Å²) in [5.74, 6) is 0. The molecule has 0 aromatic heterocycles. The molecule has 1 fully saturated rings. The second-order valence-electron chi connectivity index (χ2n) is 5.93. The minimum Gasteiger partial charge on any atom is -0.396 e. The molecule has 1 aromatic rings. The summed E-state index contributed by atoms with van der Waals surface area (Å²) in [4.78, 5) is 13.2. The molecule has 1 saturated carbocycles. The van der Waals surface area contributed by atoms with Crippen molar-refractivity contribution in [3.63, 3.8) is 0 Å².